The molecule has 0 aromatic heterocycles. The minimum Gasteiger partial charge on any atom is -0.398 e. The molecule has 15 heavy (non-hydrogen) atoms. The molecule has 1 aromatic rings. The molecule has 0 radical (unpaired) electrons. The second-order valence-corrected chi connectivity index (χ2v) is 4.42. The van der Waals surface area contributed by atoms with Crippen LogP contribution < -0.4 is 17.2 Å². The van der Waals surface area contributed by atoms with Crippen molar-refractivity contribution in [1.29, 1.82) is 0 Å². The van der Waals surface area contributed by atoms with Crippen molar-refractivity contribution in [2.45, 2.75) is 17.9 Å². The fourth-order valence-corrected chi connectivity index (χ4v) is 1.97. The summed E-state index contributed by atoms with van der Waals surface area (Å²) in [7, 11) is 0. The number of benzene rings is 1. The molecule has 0 bridgehead atoms. The van der Waals surface area contributed by atoms with Gasteiger partial charge >= 0.3 is 0 Å². The van der Waals surface area contributed by atoms with Crippen molar-refractivity contribution in [2.75, 3.05) is 11.5 Å². The molecule has 0 saturated heterocycles. The fraction of sp³-hybridized carbons (Fsp3) is 0.300. The quantitative estimate of drug-likeness (QED) is 0.513. The summed E-state index contributed by atoms with van der Waals surface area (Å²) in [5, 5.41) is 0. The van der Waals surface area contributed by atoms with Crippen molar-refractivity contribution in [3.63, 3.8) is 0 Å². The van der Waals surface area contributed by atoms with Crippen molar-refractivity contribution in [3.05, 3.63) is 23.8 Å². The van der Waals surface area contributed by atoms with Gasteiger partial charge in [-0.15, -0.1) is 11.8 Å². The van der Waals surface area contributed by atoms with E-state index >= 15 is 0 Å². The molecular weight excluding hydrogens is 210 g/mol. The third kappa shape index (κ3) is 3.45. The number of nitrogen functional groups attached to an aromatic ring is 1. The number of nitrogens with two attached hydrogens (primary N) is 3. The van der Waals surface area contributed by atoms with E-state index in [4.69, 9.17) is 17.2 Å². The van der Waals surface area contributed by atoms with Crippen molar-refractivity contribution < 1.29 is 4.79 Å². The highest BCUT2D eigenvalue weighted by molar-refractivity contribution is 7.99. The number of thioether (sulfide) groups is 1. The van der Waals surface area contributed by atoms with Crippen LogP contribution in [0.15, 0.2) is 23.1 Å². The molecule has 0 fully saturated rings. The molecule has 0 aliphatic heterocycles. The monoisotopic (exact) mass is 225 g/mol. The number of rotatable bonds is 4. The second-order valence-electron chi connectivity index (χ2n) is 3.36. The highest BCUT2D eigenvalue weighted by atomic mass is 32.2. The number of hydrogen-bond donors (Lipinski definition) is 3. The molecule has 1 amide bonds. The van der Waals surface area contributed by atoms with E-state index in [-0.39, 0.29) is 0 Å². The van der Waals surface area contributed by atoms with Crippen molar-refractivity contribution in [2.24, 2.45) is 11.5 Å². The number of aryl methyl sites for hydroxylation is 1. The van der Waals surface area contributed by atoms with Crippen molar-refractivity contribution >= 4 is 23.4 Å². The largest absolute Gasteiger partial charge is 0.398 e. The number of hydrogen-bond acceptors (Lipinski definition) is 4. The molecule has 0 heterocycles. The number of carbonyl (C=O) groups is 1. The number of carbonyl (C=O) groups excluding carboxylic acids is 1. The minimum absolute atomic E-state index is 0.447. The number of amides is 1. The van der Waals surface area contributed by atoms with Gasteiger partial charge in [0.25, 0.3) is 0 Å². The number of primary amides is 1. The van der Waals surface area contributed by atoms with Crippen LogP contribution in [0.4, 0.5) is 5.69 Å². The predicted molar refractivity (Wildman–Crippen MR) is 63.5 cm³/mol. The predicted octanol–water partition coefficient (Wildman–Crippen LogP) is 0.482. The van der Waals surface area contributed by atoms with Crippen LogP contribution in [0.2, 0.25) is 0 Å². The minimum atomic E-state index is -0.629. The first-order chi connectivity index (χ1) is 7.00. The van der Waals surface area contributed by atoms with E-state index in [1.807, 2.05) is 25.1 Å². The maximum absolute atomic E-state index is 10.7. The third-order valence-electron chi connectivity index (χ3n) is 1.95. The summed E-state index contributed by atoms with van der Waals surface area (Å²) in [6.45, 7) is 1.97. The Bertz CT molecular complexity index is 368. The lowest BCUT2D eigenvalue weighted by Crippen LogP contribution is -2.38. The lowest BCUT2D eigenvalue weighted by Gasteiger charge is -2.09. The van der Waals surface area contributed by atoms with E-state index in [1.165, 1.54) is 11.8 Å². The van der Waals surface area contributed by atoms with Gasteiger partial charge in [0.1, 0.15) is 0 Å². The van der Waals surface area contributed by atoms with Gasteiger partial charge in [-0.3, -0.25) is 4.79 Å². The second kappa shape index (κ2) is 5.04. The van der Waals surface area contributed by atoms with Crippen molar-refractivity contribution in [3.8, 4) is 0 Å². The molecule has 1 unspecified atom stereocenters. The molecule has 1 rings (SSSR count). The van der Waals surface area contributed by atoms with Gasteiger partial charge in [0.2, 0.25) is 5.91 Å². The standard InChI is InChI=1S/C10H15N3OS/c1-6-2-3-9(7(11)4-6)15-5-8(12)10(13)14/h2-4,8H,5,11-12H2,1H3,(H2,13,14). The lowest BCUT2D eigenvalue weighted by molar-refractivity contribution is -0.118. The van der Waals surface area contributed by atoms with Crippen LogP contribution in [0.3, 0.4) is 0 Å². The molecule has 82 valence electrons. The molecule has 0 saturated carbocycles. The van der Waals surface area contributed by atoms with E-state index in [1.54, 1.807) is 0 Å². The molecule has 1 aromatic carbocycles. The lowest BCUT2D eigenvalue weighted by atomic mass is 10.2. The average Bonchev–Trinajstić information content (AvgIpc) is 2.15. The summed E-state index contributed by atoms with van der Waals surface area (Å²) in [6.07, 6.45) is 0. The smallest absolute Gasteiger partial charge is 0.235 e. The van der Waals surface area contributed by atoms with Crippen LogP contribution in [0, 0.1) is 6.92 Å². The highest BCUT2D eigenvalue weighted by Crippen LogP contribution is 2.25. The van der Waals surface area contributed by atoms with E-state index in [2.05, 4.69) is 0 Å². The van der Waals surface area contributed by atoms with Crippen LogP contribution >= 0.6 is 11.8 Å². The molecular formula is C10H15N3OS. The molecule has 0 aliphatic rings. The van der Waals surface area contributed by atoms with E-state index < -0.39 is 11.9 Å². The zero-order chi connectivity index (χ0) is 11.4. The maximum Gasteiger partial charge on any atom is 0.235 e. The molecule has 0 spiro atoms. The Labute approximate surface area is 93.2 Å². The topological polar surface area (TPSA) is 95.1 Å². The van der Waals surface area contributed by atoms with E-state index in [9.17, 15) is 4.79 Å². The average molecular weight is 225 g/mol. The zero-order valence-corrected chi connectivity index (χ0v) is 9.38. The normalized spacial score (nSPS) is 12.4. The molecule has 6 N–H and O–H groups in total. The van der Waals surface area contributed by atoms with Gasteiger partial charge in [-0.25, -0.2) is 0 Å². The molecule has 4 nitrogen and oxygen atoms in total. The summed E-state index contributed by atoms with van der Waals surface area (Å²) in [4.78, 5) is 11.6. The first-order valence-corrected chi connectivity index (χ1v) is 5.53. The first-order valence-electron chi connectivity index (χ1n) is 4.54. The molecule has 5 heteroatoms. The highest BCUT2D eigenvalue weighted by Gasteiger charge is 2.10. The van der Waals surface area contributed by atoms with Crippen LogP contribution in [-0.2, 0) is 4.79 Å². The molecule has 0 aliphatic carbocycles. The Kier molecular flexibility index (Phi) is 3.99. The van der Waals surface area contributed by atoms with Crippen molar-refractivity contribution in [1.82, 2.24) is 0 Å². The zero-order valence-electron chi connectivity index (χ0n) is 8.57. The summed E-state index contributed by atoms with van der Waals surface area (Å²) in [5.74, 6) is -0.0454. The van der Waals surface area contributed by atoms with Gasteiger partial charge in [0.15, 0.2) is 0 Å². The SMILES string of the molecule is Cc1ccc(SCC(N)C(N)=O)c(N)c1. The van der Waals surface area contributed by atoms with Crippen LogP contribution in [0.25, 0.3) is 0 Å². The Hall–Kier alpha value is -1.20. The van der Waals surface area contributed by atoms with Gasteiger partial charge in [-0.1, -0.05) is 6.07 Å². The maximum atomic E-state index is 10.7. The third-order valence-corrected chi connectivity index (χ3v) is 3.16. The van der Waals surface area contributed by atoms with Gasteiger partial charge in [-0.05, 0) is 24.6 Å². The van der Waals surface area contributed by atoms with Gasteiger partial charge in [-0.2, -0.15) is 0 Å². The fourth-order valence-electron chi connectivity index (χ4n) is 1.06. The summed E-state index contributed by atoms with van der Waals surface area (Å²) < 4.78 is 0. The van der Waals surface area contributed by atoms with Gasteiger partial charge in [0.05, 0.1) is 6.04 Å². The Morgan fingerprint density at radius 2 is 2.20 bits per heavy atom. The summed E-state index contributed by atoms with van der Waals surface area (Å²) >= 11 is 1.44. The Balaban J connectivity index is 2.62. The van der Waals surface area contributed by atoms with Gasteiger partial charge < -0.3 is 17.2 Å². The number of anilines is 1. The Morgan fingerprint density at radius 3 is 2.73 bits per heavy atom. The van der Waals surface area contributed by atoms with Gasteiger partial charge in [0, 0.05) is 16.3 Å². The Morgan fingerprint density at radius 1 is 1.53 bits per heavy atom. The van der Waals surface area contributed by atoms with Crippen LogP contribution in [-0.4, -0.2) is 17.7 Å². The first kappa shape index (κ1) is 11.9. The summed E-state index contributed by atoms with van der Waals surface area (Å²) in [5.41, 5.74) is 18.2. The van der Waals surface area contributed by atoms with Crippen LogP contribution in [0.1, 0.15) is 5.56 Å². The molecule has 1 atom stereocenters. The van der Waals surface area contributed by atoms with E-state index in [0.29, 0.717) is 11.4 Å². The van der Waals surface area contributed by atoms with E-state index in [0.717, 1.165) is 10.5 Å². The summed E-state index contributed by atoms with van der Waals surface area (Å²) in [6, 6.07) is 5.14. The van der Waals surface area contributed by atoms with Crippen LogP contribution in [0.5, 0.6) is 0 Å².